The standard InChI is InChI=1S/C28H32F3N5O2/c1-17-14-24(34(4)20-7-9-21(10-8-20)38-28(29,30)31)18(2)12-13-36(16-17)26-22(15-32)27(37)35(5)23-11-6-19(3)33-25(23)26/h6-11,17-18,24H,12-14,16H2,1-5H3. The number of hydrogen-bond donors (Lipinski definition) is 0. The minimum absolute atomic E-state index is 0.105. The molecule has 202 valence electrons. The molecule has 0 radical (unpaired) electrons. The Morgan fingerprint density at radius 3 is 2.47 bits per heavy atom. The molecule has 0 amide bonds. The van der Waals surface area contributed by atoms with Gasteiger partial charge >= 0.3 is 6.36 Å². The van der Waals surface area contributed by atoms with Gasteiger partial charge in [0, 0.05) is 44.6 Å². The van der Waals surface area contributed by atoms with Crippen LogP contribution >= 0.6 is 0 Å². The Labute approximate surface area is 220 Å². The van der Waals surface area contributed by atoms with Gasteiger partial charge in [-0.1, -0.05) is 13.8 Å². The van der Waals surface area contributed by atoms with Crippen molar-refractivity contribution < 1.29 is 17.9 Å². The Kier molecular flexibility index (Phi) is 7.58. The lowest BCUT2D eigenvalue weighted by molar-refractivity contribution is -0.274. The molecule has 1 aliphatic rings. The number of nitrogens with zero attached hydrogens (tertiary/aromatic N) is 5. The van der Waals surface area contributed by atoms with Crippen molar-refractivity contribution >= 4 is 22.4 Å². The van der Waals surface area contributed by atoms with E-state index in [-0.39, 0.29) is 34.7 Å². The molecule has 7 nitrogen and oxygen atoms in total. The zero-order valence-corrected chi connectivity index (χ0v) is 22.2. The third kappa shape index (κ3) is 5.57. The number of aromatic nitrogens is 2. The van der Waals surface area contributed by atoms with Crippen LogP contribution in [-0.2, 0) is 7.05 Å². The van der Waals surface area contributed by atoms with Gasteiger partial charge in [0.05, 0.1) is 11.2 Å². The highest BCUT2D eigenvalue weighted by Crippen LogP contribution is 2.34. The first-order chi connectivity index (χ1) is 17.9. The molecular weight excluding hydrogens is 495 g/mol. The van der Waals surface area contributed by atoms with Crippen LogP contribution in [0.2, 0.25) is 0 Å². The fraction of sp³-hybridized carbons (Fsp3) is 0.464. The molecule has 3 aromatic rings. The van der Waals surface area contributed by atoms with E-state index < -0.39 is 6.36 Å². The first-order valence-corrected chi connectivity index (χ1v) is 12.6. The Morgan fingerprint density at radius 2 is 1.84 bits per heavy atom. The van der Waals surface area contributed by atoms with Crippen molar-refractivity contribution in [2.75, 3.05) is 29.9 Å². The predicted octanol–water partition coefficient (Wildman–Crippen LogP) is 5.39. The highest BCUT2D eigenvalue weighted by atomic mass is 19.4. The maximum Gasteiger partial charge on any atom is 0.573 e. The van der Waals surface area contributed by atoms with Crippen molar-refractivity contribution in [2.24, 2.45) is 18.9 Å². The molecule has 4 rings (SSSR count). The normalized spacial score (nSPS) is 20.5. The second-order valence-electron chi connectivity index (χ2n) is 10.3. The number of pyridine rings is 2. The molecule has 10 heteroatoms. The SMILES string of the molecule is Cc1ccc2c(n1)c(N1CCC(C)C(N(C)c3ccc(OC(F)(F)F)cc3)CC(C)C1)c(C#N)c(=O)n2C. The van der Waals surface area contributed by atoms with Gasteiger partial charge in [-0.25, -0.2) is 4.98 Å². The molecule has 2 aromatic heterocycles. The van der Waals surface area contributed by atoms with E-state index in [2.05, 4.69) is 34.5 Å². The Hall–Kier alpha value is -3.74. The van der Waals surface area contributed by atoms with Crippen molar-refractivity contribution in [1.82, 2.24) is 9.55 Å². The molecule has 0 spiro atoms. The third-order valence-corrected chi connectivity index (χ3v) is 7.44. The van der Waals surface area contributed by atoms with Gasteiger partial charge in [-0.15, -0.1) is 13.2 Å². The lowest BCUT2D eigenvalue weighted by Gasteiger charge is -2.41. The number of fused-ring (bicyclic) bond motifs is 1. The quantitative estimate of drug-likeness (QED) is 0.453. The Bertz CT molecular complexity index is 1410. The Morgan fingerprint density at radius 1 is 1.16 bits per heavy atom. The first kappa shape index (κ1) is 27.3. The van der Waals surface area contributed by atoms with Crippen molar-refractivity contribution in [3.63, 3.8) is 0 Å². The van der Waals surface area contributed by atoms with Crippen molar-refractivity contribution in [3.8, 4) is 11.8 Å². The summed E-state index contributed by atoms with van der Waals surface area (Å²) in [5.74, 6) is 0.186. The summed E-state index contributed by atoms with van der Waals surface area (Å²) in [5, 5.41) is 9.95. The van der Waals surface area contributed by atoms with E-state index in [0.29, 0.717) is 29.8 Å². The van der Waals surface area contributed by atoms with E-state index in [1.54, 1.807) is 19.2 Å². The highest BCUT2D eigenvalue weighted by Gasteiger charge is 2.32. The second kappa shape index (κ2) is 10.6. The van der Waals surface area contributed by atoms with Crippen LogP contribution in [0.1, 0.15) is 37.9 Å². The number of hydrogen-bond acceptors (Lipinski definition) is 6. The number of rotatable bonds is 4. The summed E-state index contributed by atoms with van der Waals surface area (Å²) in [7, 11) is 3.62. The van der Waals surface area contributed by atoms with Crippen LogP contribution in [0.15, 0.2) is 41.2 Å². The Balaban J connectivity index is 1.61. The first-order valence-electron chi connectivity index (χ1n) is 12.6. The molecule has 1 aliphatic heterocycles. The van der Waals surface area contributed by atoms with Crippen LogP contribution in [0.25, 0.3) is 11.0 Å². The summed E-state index contributed by atoms with van der Waals surface area (Å²) in [6.45, 7) is 7.47. The van der Waals surface area contributed by atoms with Crippen LogP contribution in [-0.4, -0.2) is 42.1 Å². The number of anilines is 2. The molecule has 0 saturated carbocycles. The van der Waals surface area contributed by atoms with E-state index in [4.69, 9.17) is 4.98 Å². The topological polar surface area (TPSA) is 74.4 Å². The number of halogens is 3. The predicted molar refractivity (Wildman–Crippen MR) is 142 cm³/mol. The largest absolute Gasteiger partial charge is 0.573 e. The number of nitriles is 1. The van der Waals surface area contributed by atoms with Crippen LogP contribution < -0.4 is 20.1 Å². The fourth-order valence-electron chi connectivity index (χ4n) is 5.46. The monoisotopic (exact) mass is 527 g/mol. The molecule has 1 fully saturated rings. The molecule has 3 unspecified atom stereocenters. The van der Waals surface area contributed by atoms with Crippen molar-refractivity contribution in [3.05, 3.63) is 58.0 Å². The van der Waals surface area contributed by atoms with Gasteiger partial charge in [0.2, 0.25) is 0 Å². The van der Waals surface area contributed by atoms with Gasteiger partial charge in [-0.3, -0.25) is 4.79 Å². The maximum atomic E-state index is 13.1. The average Bonchev–Trinajstić information content (AvgIpc) is 2.85. The maximum absolute atomic E-state index is 13.1. The highest BCUT2D eigenvalue weighted by molar-refractivity contribution is 5.91. The summed E-state index contributed by atoms with van der Waals surface area (Å²) >= 11 is 0. The van der Waals surface area contributed by atoms with E-state index in [9.17, 15) is 23.2 Å². The molecular formula is C28H32F3N5O2. The number of ether oxygens (including phenoxy) is 1. The van der Waals surface area contributed by atoms with Gasteiger partial charge in [-0.2, -0.15) is 5.26 Å². The van der Waals surface area contributed by atoms with Crippen LogP contribution in [0.3, 0.4) is 0 Å². The molecule has 1 aromatic carbocycles. The van der Waals surface area contributed by atoms with Crippen molar-refractivity contribution in [1.29, 1.82) is 5.26 Å². The second-order valence-corrected chi connectivity index (χ2v) is 10.3. The molecule has 0 aliphatic carbocycles. The molecule has 3 heterocycles. The minimum atomic E-state index is -4.73. The van der Waals surface area contributed by atoms with Gasteiger partial charge in [0.25, 0.3) is 5.56 Å². The zero-order chi connectivity index (χ0) is 27.8. The summed E-state index contributed by atoms with van der Waals surface area (Å²) in [4.78, 5) is 22.1. The van der Waals surface area contributed by atoms with E-state index in [0.717, 1.165) is 24.2 Å². The molecule has 38 heavy (non-hydrogen) atoms. The number of aryl methyl sites for hydroxylation is 2. The molecule has 1 saturated heterocycles. The molecule has 3 atom stereocenters. The summed E-state index contributed by atoms with van der Waals surface area (Å²) in [5.41, 5.74) is 3.33. The van der Waals surface area contributed by atoms with E-state index in [1.165, 1.54) is 16.7 Å². The fourth-order valence-corrected chi connectivity index (χ4v) is 5.46. The summed E-state index contributed by atoms with van der Waals surface area (Å²) < 4.78 is 43.1. The van der Waals surface area contributed by atoms with Gasteiger partial charge in [0.15, 0.2) is 0 Å². The minimum Gasteiger partial charge on any atom is -0.406 e. The van der Waals surface area contributed by atoms with Gasteiger partial charge in [-0.05, 0) is 68.0 Å². The van der Waals surface area contributed by atoms with Gasteiger partial charge in [0.1, 0.15) is 22.9 Å². The summed E-state index contributed by atoms with van der Waals surface area (Å²) in [6.07, 6.45) is -3.10. The summed E-state index contributed by atoms with van der Waals surface area (Å²) in [6, 6.07) is 12.0. The van der Waals surface area contributed by atoms with Crippen LogP contribution in [0.5, 0.6) is 5.75 Å². The van der Waals surface area contributed by atoms with Gasteiger partial charge < -0.3 is 19.1 Å². The van der Waals surface area contributed by atoms with E-state index in [1.807, 2.05) is 26.1 Å². The van der Waals surface area contributed by atoms with Crippen molar-refractivity contribution in [2.45, 2.75) is 46.0 Å². The molecule has 0 bridgehead atoms. The lowest BCUT2D eigenvalue weighted by atomic mass is 9.86. The number of alkyl halides is 3. The van der Waals surface area contributed by atoms with Crippen LogP contribution in [0, 0.1) is 30.1 Å². The lowest BCUT2D eigenvalue weighted by Crippen LogP contribution is -2.44. The third-order valence-electron chi connectivity index (χ3n) is 7.44. The molecule has 0 N–H and O–H groups in total. The smallest absolute Gasteiger partial charge is 0.406 e. The van der Waals surface area contributed by atoms with E-state index >= 15 is 0 Å². The average molecular weight is 528 g/mol. The van der Waals surface area contributed by atoms with Crippen LogP contribution in [0.4, 0.5) is 24.5 Å². The zero-order valence-electron chi connectivity index (χ0n) is 22.2. The number of benzene rings is 1.